The molecule has 0 saturated carbocycles. The molecule has 1 heterocycles. The Labute approximate surface area is 81.4 Å². The van der Waals surface area contributed by atoms with Gasteiger partial charge >= 0.3 is 0 Å². The molecule has 2 heteroatoms. The molecule has 1 atom stereocenters. The molecule has 0 aromatic rings. The summed E-state index contributed by atoms with van der Waals surface area (Å²) in [7, 11) is 0. The van der Waals surface area contributed by atoms with Gasteiger partial charge < -0.3 is 10.1 Å². The molecule has 0 bridgehead atoms. The fraction of sp³-hybridized carbons (Fsp3) is 0.818. The summed E-state index contributed by atoms with van der Waals surface area (Å²) in [6.07, 6.45) is 3.61. The van der Waals surface area contributed by atoms with Crippen molar-refractivity contribution in [3.63, 3.8) is 0 Å². The predicted molar refractivity (Wildman–Crippen MR) is 55.8 cm³/mol. The largest absolute Gasteiger partial charge is 0.381 e. The molecule has 1 saturated heterocycles. The predicted octanol–water partition coefficient (Wildman–Crippen LogP) is 1.97. The van der Waals surface area contributed by atoms with Crippen molar-refractivity contribution in [1.29, 1.82) is 0 Å². The van der Waals surface area contributed by atoms with Crippen LogP contribution in [-0.2, 0) is 4.74 Å². The second kappa shape index (κ2) is 6.17. The monoisotopic (exact) mass is 183 g/mol. The fourth-order valence-corrected chi connectivity index (χ4v) is 1.54. The molecule has 0 aliphatic carbocycles. The highest BCUT2D eigenvalue weighted by molar-refractivity contribution is 4.88. The van der Waals surface area contributed by atoms with E-state index in [2.05, 4.69) is 18.8 Å². The van der Waals surface area contributed by atoms with Crippen LogP contribution in [0.3, 0.4) is 0 Å². The van der Waals surface area contributed by atoms with E-state index in [0.29, 0.717) is 0 Å². The molecule has 0 spiro atoms. The Kier molecular flexibility index (Phi) is 5.09. The lowest BCUT2D eigenvalue weighted by molar-refractivity contribution is 0.184. The summed E-state index contributed by atoms with van der Waals surface area (Å²) in [5, 5.41) is 3.43. The highest BCUT2D eigenvalue weighted by atomic mass is 16.5. The number of nitrogens with one attached hydrogen (secondary N) is 1. The van der Waals surface area contributed by atoms with Crippen LogP contribution in [0, 0.1) is 5.92 Å². The lowest BCUT2D eigenvalue weighted by Gasteiger charge is -2.08. The summed E-state index contributed by atoms with van der Waals surface area (Å²) >= 11 is 0. The first-order valence-electron chi connectivity index (χ1n) is 5.22. The van der Waals surface area contributed by atoms with E-state index in [1.54, 1.807) is 0 Å². The molecule has 0 amide bonds. The topological polar surface area (TPSA) is 21.3 Å². The van der Waals surface area contributed by atoms with Gasteiger partial charge in [-0.3, -0.25) is 0 Å². The number of hydrogen-bond donors (Lipinski definition) is 1. The molecule has 0 radical (unpaired) electrons. The third-order valence-electron chi connectivity index (χ3n) is 2.48. The Morgan fingerprint density at radius 1 is 1.54 bits per heavy atom. The van der Waals surface area contributed by atoms with E-state index in [0.717, 1.165) is 38.6 Å². The van der Waals surface area contributed by atoms with E-state index in [4.69, 9.17) is 4.74 Å². The molecule has 0 aromatic carbocycles. The second-order valence-electron chi connectivity index (χ2n) is 3.98. The first-order valence-corrected chi connectivity index (χ1v) is 5.22. The van der Waals surface area contributed by atoms with E-state index in [9.17, 15) is 0 Å². The first kappa shape index (κ1) is 10.7. The normalized spacial score (nSPS) is 22.1. The minimum atomic E-state index is 0.803. The summed E-state index contributed by atoms with van der Waals surface area (Å²) in [5.74, 6) is 0.803. The summed E-state index contributed by atoms with van der Waals surface area (Å²) in [5.41, 5.74) is 1.26. The van der Waals surface area contributed by atoms with Gasteiger partial charge in [0.1, 0.15) is 0 Å². The molecule has 1 aliphatic heterocycles. The van der Waals surface area contributed by atoms with Crippen molar-refractivity contribution in [3.8, 4) is 0 Å². The van der Waals surface area contributed by atoms with Crippen LogP contribution >= 0.6 is 0 Å². The van der Waals surface area contributed by atoms with Crippen LogP contribution in [0.15, 0.2) is 12.2 Å². The quantitative estimate of drug-likeness (QED) is 0.502. The van der Waals surface area contributed by atoms with Gasteiger partial charge in [-0.15, -0.1) is 6.58 Å². The lowest BCUT2D eigenvalue weighted by atomic mass is 10.1. The van der Waals surface area contributed by atoms with Crippen LogP contribution in [-0.4, -0.2) is 26.3 Å². The first-order chi connectivity index (χ1) is 6.29. The van der Waals surface area contributed by atoms with Crippen molar-refractivity contribution in [2.24, 2.45) is 5.92 Å². The number of hydrogen-bond acceptors (Lipinski definition) is 2. The molecule has 1 N–H and O–H groups in total. The van der Waals surface area contributed by atoms with Gasteiger partial charge in [-0.2, -0.15) is 0 Å². The molecule has 1 fully saturated rings. The maximum Gasteiger partial charge on any atom is 0.0495 e. The van der Waals surface area contributed by atoms with Crippen LogP contribution in [0.5, 0.6) is 0 Å². The van der Waals surface area contributed by atoms with Gasteiger partial charge in [-0.25, -0.2) is 0 Å². The van der Waals surface area contributed by atoms with Gasteiger partial charge in [0.25, 0.3) is 0 Å². The molecule has 2 nitrogen and oxygen atoms in total. The number of ether oxygens (including phenoxy) is 1. The zero-order chi connectivity index (χ0) is 9.52. The Morgan fingerprint density at radius 2 is 2.38 bits per heavy atom. The third-order valence-corrected chi connectivity index (χ3v) is 2.48. The van der Waals surface area contributed by atoms with E-state index >= 15 is 0 Å². The standard InChI is InChI=1S/C11H21NO/c1-10(2)3-6-12-7-4-11-5-8-13-9-11/h11-12H,1,3-9H2,2H3. The van der Waals surface area contributed by atoms with Crippen LogP contribution in [0.25, 0.3) is 0 Å². The average molecular weight is 183 g/mol. The van der Waals surface area contributed by atoms with Crippen LogP contribution in [0.1, 0.15) is 26.2 Å². The molecule has 76 valence electrons. The van der Waals surface area contributed by atoms with Crippen molar-refractivity contribution in [1.82, 2.24) is 5.32 Å². The summed E-state index contributed by atoms with van der Waals surface area (Å²) < 4.78 is 5.31. The van der Waals surface area contributed by atoms with E-state index in [1.807, 2.05) is 0 Å². The number of rotatable bonds is 6. The zero-order valence-electron chi connectivity index (χ0n) is 8.64. The smallest absolute Gasteiger partial charge is 0.0495 e. The summed E-state index contributed by atoms with van der Waals surface area (Å²) in [4.78, 5) is 0. The van der Waals surface area contributed by atoms with Gasteiger partial charge in [0, 0.05) is 13.2 Å². The van der Waals surface area contributed by atoms with Crippen molar-refractivity contribution >= 4 is 0 Å². The molecule has 1 rings (SSSR count). The molecular formula is C11H21NO. The minimum Gasteiger partial charge on any atom is -0.381 e. The molecule has 1 aliphatic rings. The molecular weight excluding hydrogens is 162 g/mol. The SMILES string of the molecule is C=C(C)CCNCCC1CCOC1. The average Bonchev–Trinajstić information content (AvgIpc) is 2.55. The Hall–Kier alpha value is -0.340. The van der Waals surface area contributed by atoms with Gasteiger partial charge in [0.05, 0.1) is 0 Å². The minimum absolute atomic E-state index is 0.803. The molecule has 13 heavy (non-hydrogen) atoms. The van der Waals surface area contributed by atoms with Crippen LogP contribution < -0.4 is 5.32 Å². The molecule has 0 aromatic heterocycles. The van der Waals surface area contributed by atoms with Crippen LogP contribution in [0.4, 0.5) is 0 Å². The van der Waals surface area contributed by atoms with Gasteiger partial charge in [0.15, 0.2) is 0 Å². The van der Waals surface area contributed by atoms with E-state index in [1.165, 1.54) is 18.4 Å². The summed E-state index contributed by atoms with van der Waals surface area (Å²) in [6.45, 7) is 10.1. The maximum atomic E-state index is 5.31. The fourth-order valence-electron chi connectivity index (χ4n) is 1.54. The van der Waals surface area contributed by atoms with Crippen molar-refractivity contribution < 1.29 is 4.74 Å². The summed E-state index contributed by atoms with van der Waals surface area (Å²) in [6, 6.07) is 0. The van der Waals surface area contributed by atoms with Crippen molar-refractivity contribution in [2.45, 2.75) is 26.2 Å². The third kappa shape index (κ3) is 5.06. The highest BCUT2D eigenvalue weighted by Crippen LogP contribution is 2.14. The van der Waals surface area contributed by atoms with E-state index in [-0.39, 0.29) is 0 Å². The maximum absolute atomic E-state index is 5.31. The Bertz CT molecular complexity index is 150. The Morgan fingerprint density at radius 3 is 3.00 bits per heavy atom. The van der Waals surface area contributed by atoms with Gasteiger partial charge in [-0.1, -0.05) is 5.57 Å². The van der Waals surface area contributed by atoms with Crippen molar-refractivity contribution in [3.05, 3.63) is 12.2 Å². The van der Waals surface area contributed by atoms with Gasteiger partial charge in [-0.05, 0) is 45.2 Å². The van der Waals surface area contributed by atoms with Crippen LogP contribution in [0.2, 0.25) is 0 Å². The highest BCUT2D eigenvalue weighted by Gasteiger charge is 2.14. The second-order valence-corrected chi connectivity index (χ2v) is 3.98. The zero-order valence-corrected chi connectivity index (χ0v) is 8.64. The Balaban J connectivity index is 1.86. The lowest BCUT2D eigenvalue weighted by Crippen LogP contribution is -2.19. The van der Waals surface area contributed by atoms with Gasteiger partial charge in [0.2, 0.25) is 0 Å². The van der Waals surface area contributed by atoms with Crippen molar-refractivity contribution in [2.75, 3.05) is 26.3 Å². The molecule has 1 unspecified atom stereocenters. The van der Waals surface area contributed by atoms with E-state index < -0.39 is 0 Å².